The quantitative estimate of drug-likeness (QED) is 0.900. The molecule has 1 fully saturated rings. The second-order valence-electron chi connectivity index (χ2n) is 5.85. The highest BCUT2D eigenvalue weighted by atomic mass is 35.5. The fourth-order valence-corrected chi connectivity index (χ4v) is 2.98. The second-order valence-corrected chi connectivity index (χ2v) is 6.28. The van der Waals surface area contributed by atoms with Crippen LogP contribution < -0.4 is 10.2 Å². The highest BCUT2D eigenvalue weighted by Gasteiger charge is 2.21. The molecule has 1 N–H and O–H groups in total. The van der Waals surface area contributed by atoms with Crippen molar-refractivity contribution >= 4 is 29.0 Å². The first-order valence-electron chi connectivity index (χ1n) is 8.07. The van der Waals surface area contributed by atoms with E-state index in [1.165, 1.54) is 0 Å². The Hall–Kier alpha value is -2.21. The average molecular weight is 349 g/mol. The van der Waals surface area contributed by atoms with Crippen molar-refractivity contribution in [1.82, 2.24) is 10.1 Å². The Morgan fingerprint density at radius 3 is 2.75 bits per heavy atom. The maximum absolute atomic E-state index is 12.3. The van der Waals surface area contributed by atoms with E-state index in [-0.39, 0.29) is 5.91 Å². The standard InChI is InChI=1S/C17H21ClN4O2/c1-13-11-16(20-24-13)19-6-5-17(23)22-9-7-21(8-10-22)15-4-2-3-14(18)12-15/h2-4,11-12H,5-10H2,1H3,(H,19,20). The van der Waals surface area contributed by atoms with E-state index in [4.69, 9.17) is 16.1 Å². The molecule has 2 aromatic rings. The Bertz CT molecular complexity index is 695. The molecule has 24 heavy (non-hydrogen) atoms. The lowest BCUT2D eigenvalue weighted by atomic mass is 10.2. The summed E-state index contributed by atoms with van der Waals surface area (Å²) in [5.41, 5.74) is 1.11. The summed E-state index contributed by atoms with van der Waals surface area (Å²) >= 11 is 6.04. The largest absolute Gasteiger partial charge is 0.368 e. The Morgan fingerprint density at radius 2 is 2.08 bits per heavy atom. The smallest absolute Gasteiger partial charge is 0.224 e. The molecule has 0 saturated carbocycles. The van der Waals surface area contributed by atoms with Gasteiger partial charge in [-0.05, 0) is 25.1 Å². The molecule has 0 radical (unpaired) electrons. The van der Waals surface area contributed by atoms with Crippen LogP contribution in [0, 0.1) is 6.92 Å². The number of nitrogens with one attached hydrogen (secondary N) is 1. The Balaban J connectivity index is 1.43. The molecule has 0 aliphatic carbocycles. The van der Waals surface area contributed by atoms with Crippen molar-refractivity contribution < 1.29 is 9.32 Å². The Morgan fingerprint density at radius 1 is 1.29 bits per heavy atom. The first-order chi connectivity index (χ1) is 11.6. The summed E-state index contributed by atoms with van der Waals surface area (Å²) in [5, 5.41) is 7.68. The van der Waals surface area contributed by atoms with Crippen LogP contribution in [0.5, 0.6) is 0 Å². The molecule has 1 aromatic carbocycles. The van der Waals surface area contributed by atoms with Crippen molar-refractivity contribution in [2.45, 2.75) is 13.3 Å². The number of piperazine rings is 1. The summed E-state index contributed by atoms with van der Waals surface area (Å²) < 4.78 is 4.98. The number of anilines is 2. The van der Waals surface area contributed by atoms with Crippen molar-refractivity contribution in [2.24, 2.45) is 0 Å². The lowest BCUT2D eigenvalue weighted by Gasteiger charge is -2.36. The van der Waals surface area contributed by atoms with E-state index in [2.05, 4.69) is 15.4 Å². The zero-order chi connectivity index (χ0) is 16.9. The van der Waals surface area contributed by atoms with Gasteiger partial charge in [-0.3, -0.25) is 4.79 Å². The summed E-state index contributed by atoms with van der Waals surface area (Å²) in [5.74, 6) is 1.58. The molecule has 0 spiro atoms. The normalized spacial score (nSPS) is 14.8. The number of aromatic nitrogens is 1. The summed E-state index contributed by atoms with van der Waals surface area (Å²) in [6.07, 6.45) is 0.447. The van der Waals surface area contributed by atoms with Crippen molar-refractivity contribution in [3.8, 4) is 0 Å². The van der Waals surface area contributed by atoms with Gasteiger partial charge < -0.3 is 19.6 Å². The molecule has 3 rings (SSSR count). The Kier molecular flexibility index (Phi) is 5.25. The fourth-order valence-electron chi connectivity index (χ4n) is 2.79. The van der Waals surface area contributed by atoms with Gasteiger partial charge in [0.1, 0.15) is 5.76 Å². The van der Waals surface area contributed by atoms with Crippen LogP contribution in [0.25, 0.3) is 0 Å². The van der Waals surface area contributed by atoms with Crippen molar-refractivity contribution in [3.05, 3.63) is 41.1 Å². The van der Waals surface area contributed by atoms with Crippen LogP contribution in [0.2, 0.25) is 5.02 Å². The molecule has 1 amide bonds. The number of nitrogens with zero attached hydrogens (tertiary/aromatic N) is 3. The van der Waals surface area contributed by atoms with E-state index in [0.717, 1.165) is 42.6 Å². The third-order valence-corrected chi connectivity index (χ3v) is 4.31. The van der Waals surface area contributed by atoms with Gasteiger partial charge in [-0.2, -0.15) is 0 Å². The minimum Gasteiger partial charge on any atom is -0.368 e. The summed E-state index contributed by atoms with van der Waals surface area (Å²) in [6, 6.07) is 9.64. The molecule has 0 bridgehead atoms. The maximum atomic E-state index is 12.3. The third kappa shape index (κ3) is 4.20. The van der Waals surface area contributed by atoms with Gasteiger partial charge in [-0.25, -0.2) is 0 Å². The molecule has 7 heteroatoms. The predicted molar refractivity (Wildman–Crippen MR) is 94.6 cm³/mol. The number of hydrogen-bond donors (Lipinski definition) is 1. The molecule has 2 heterocycles. The van der Waals surface area contributed by atoms with E-state index in [0.29, 0.717) is 18.8 Å². The first kappa shape index (κ1) is 16.6. The van der Waals surface area contributed by atoms with Gasteiger partial charge in [-0.1, -0.05) is 22.8 Å². The molecule has 0 atom stereocenters. The highest BCUT2D eigenvalue weighted by molar-refractivity contribution is 6.30. The minimum absolute atomic E-state index is 0.161. The molecule has 1 saturated heterocycles. The molecule has 1 aromatic heterocycles. The Labute approximate surface area is 146 Å². The van der Waals surface area contributed by atoms with E-state index < -0.39 is 0 Å². The van der Waals surface area contributed by atoms with Gasteiger partial charge in [0.15, 0.2) is 5.82 Å². The van der Waals surface area contributed by atoms with Crippen molar-refractivity contribution in [1.29, 1.82) is 0 Å². The fraction of sp³-hybridized carbons (Fsp3) is 0.412. The molecule has 128 valence electrons. The van der Waals surface area contributed by atoms with Crippen LogP contribution >= 0.6 is 11.6 Å². The summed E-state index contributed by atoms with van der Waals surface area (Å²) in [6.45, 7) is 5.49. The molecule has 1 aliphatic heterocycles. The predicted octanol–water partition coefficient (Wildman–Crippen LogP) is 2.79. The average Bonchev–Trinajstić information content (AvgIpc) is 3.00. The van der Waals surface area contributed by atoms with Gasteiger partial charge in [0.2, 0.25) is 5.91 Å². The van der Waals surface area contributed by atoms with Gasteiger partial charge in [0.05, 0.1) is 0 Å². The van der Waals surface area contributed by atoms with E-state index in [1.54, 1.807) is 0 Å². The number of carbonyl (C=O) groups is 1. The van der Waals surface area contributed by atoms with Crippen LogP contribution in [0.1, 0.15) is 12.2 Å². The second kappa shape index (κ2) is 7.57. The van der Waals surface area contributed by atoms with E-state index in [9.17, 15) is 4.79 Å². The van der Waals surface area contributed by atoms with E-state index >= 15 is 0 Å². The molecule has 6 nitrogen and oxygen atoms in total. The zero-order valence-electron chi connectivity index (χ0n) is 13.7. The molecule has 1 aliphatic rings. The van der Waals surface area contributed by atoms with Crippen LogP contribution in [-0.4, -0.2) is 48.7 Å². The summed E-state index contributed by atoms with van der Waals surface area (Å²) in [7, 11) is 0. The van der Waals surface area contributed by atoms with Crippen molar-refractivity contribution in [2.75, 3.05) is 42.9 Å². The molecule has 0 unspecified atom stereocenters. The summed E-state index contributed by atoms with van der Waals surface area (Å²) in [4.78, 5) is 16.5. The molecular weight excluding hydrogens is 328 g/mol. The number of halogens is 1. The van der Waals surface area contributed by atoms with Crippen LogP contribution in [0.3, 0.4) is 0 Å². The number of benzene rings is 1. The van der Waals surface area contributed by atoms with Gasteiger partial charge in [0.25, 0.3) is 0 Å². The lowest BCUT2D eigenvalue weighted by molar-refractivity contribution is -0.131. The monoisotopic (exact) mass is 348 g/mol. The van der Waals surface area contributed by atoms with Crippen LogP contribution in [0.15, 0.2) is 34.9 Å². The van der Waals surface area contributed by atoms with Gasteiger partial charge in [0, 0.05) is 55.9 Å². The van der Waals surface area contributed by atoms with E-state index in [1.807, 2.05) is 42.2 Å². The van der Waals surface area contributed by atoms with Crippen molar-refractivity contribution in [3.63, 3.8) is 0 Å². The lowest BCUT2D eigenvalue weighted by Crippen LogP contribution is -2.49. The molecular formula is C17H21ClN4O2. The number of aryl methyl sites for hydroxylation is 1. The maximum Gasteiger partial charge on any atom is 0.224 e. The number of amides is 1. The number of rotatable bonds is 5. The topological polar surface area (TPSA) is 61.6 Å². The number of carbonyl (C=O) groups excluding carboxylic acids is 1. The van der Waals surface area contributed by atoms with Crippen LogP contribution in [0.4, 0.5) is 11.5 Å². The first-order valence-corrected chi connectivity index (χ1v) is 8.45. The third-order valence-electron chi connectivity index (χ3n) is 4.08. The zero-order valence-corrected chi connectivity index (χ0v) is 14.4. The minimum atomic E-state index is 0.161. The van der Waals surface area contributed by atoms with Gasteiger partial charge >= 0.3 is 0 Å². The van der Waals surface area contributed by atoms with Crippen LogP contribution in [-0.2, 0) is 4.79 Å². The SMILES string of the molecule is Cc1cc(NCCC(=O)N2CCN(c3cccc(Cl)c3)CC2)no1. The highest BCUT2D eigenvalue weighted by Crippen LogP contribution is 2.21. The van der Waals surface area contributed by atoms with Gasteiger partial charge in [-0.15, -0.1) is 0 Å². The number of hydrogen-bond acceptors (Lipinski definition) is 5.